The number of morpholine rings is 1. The lowest BCUT2D eigenvalue weighted by molar-refractivity contribution is 0.122. The summed E-state index contributed by atoms with van der Waals surface area (Å²) in [5.41, 5.74) is 0.345. The fourth-order valence-electron chi connectivity index (χ4n) is 1.94. The Bertz CT molecular complexity index is 592. The highest BCUT2D eigenvalue weighted by Gasteiger charge is 2.22. The van der Waals surface area contributed by atoms with Crippen molar-refractivity contribution in [3.05, 3.63) is 18.0 Å². The van der Waals surface area contributed by atoms with E-state index in [-0.39, 0.29) is 11.4 Å². The van der Waals surface area contributed by atoms with Crippen molar-refractivity contribution in [2.75, 3.05) is 31.2 Å². The third-order valence-electron chi connectivity index (χ3n) is 2.79. The van der Waals surface area contributed by atoms with Gasteiger partial charge in [-0.2, -0.15) is 14.7 Å². The van der Waals surface area contributed by atoms with E-state index in [1.165, 1.54) is 12.4 Å². The standard InChI is InChI=1S/C10H12N6O2/c11-10-13-8(15-3-5-18-6-4-15)7-9(14-10)16(17)2-1-12-7/h1-2,11,17H,3-6H2. The monoisotopic (exact) mass is 248 g/mol. The van der Waals surface area contributed by atoms with Gasteiger partial charge < -0.3 is 14.8 Å². The molecule has 18 heavy (non-hydrogen) atoms. The highest BCUT2D eigenvalue weighted by Crippen LogP contribution is 2.24. The molecule has 0 spiro atoms. The van der Waals surface area contributed by atoms with Crippen molar-refractivity contribution < 1.29 is 9.94 Å². The van der Waals surface area contributed by atoms with E-state index in [9.17, 15) is 5.21 Å². The quantitative estimate of drug-likeness (QED) is 0.649. The summed E-state index contributed by atoms with van der Waals surface area (Å²) in [6, 6.07) is 0. The van der Waals surface area contributed by atoms with Crippen molar-refractivity contribution in [1.29, 1.82) is 5.41 Å². The van der Waals surface area contributed by atoms with Crippen LogP contribution in [0.15, 0.2) is 12.4 Å². The van der Waals surface area contributed by atoms with Crippen LogP contribution < -0.4 is 10.5 Å². The lowest BCUT2D eigenvalue weighted by Crippen LogP contribution is -2.38. The van der Waals surface area contributed by atoms with Crippen molar-refractivity contribution in [2.45, 2.75) is 0 Å². The van der Waals surface area contributed by atoms with Gasteiger partial charge in [0.1, 0.15) is 0 Å². The molecule has 3 aliphatic rings. The second-order valence-corrected chi connectivity index (χ2v) is 3.91. The summed E-state index contributed by atoms with van der Waals surface area (Å²) in [6.07, 6.45) is 2.84. The fourth-order valence-corrected chi connectivity index (χ4v) is 1.94. The van der Waals surface area contributed by atoms with Gasteiger partial charge in [-0.15, -0.1) is 0 Å². The molecule has 94 valence electrons. The van der Waals surface area contributed by atoms with Gasteiger partial charge >= 0.3 is 0 Å². The lowest BCUT2D eigenvalue weighted by atomic mass is 10.3. The van der Waals surface area contributed by atoms with Crippen LogP contribution in [0.3, 0.4) is 0 Å². The number of hydrogen-bond acceptors (Lipinski definition) is 7. The molecule has 3 rings (SSSR count). The van der Waals surface area contributed by atoms with E-state index in [1.807, 2.05) is 4.90 Å². The van der Waals surface area contributed by atoms with Crippen molar-refractivity contribution in [1.82, 2.24) is 19.7 Å². The van der Waals surface area contributed by atoms with Crippen LogP contribution in [-0.2, 0) is 4.74 Å². The smallest absolute Gasteiger partial charge is 0.246 e. The number of nitrogens with one attached hydrogen (secondary N) is 1. The number of ether oxygens (including phenoxy) is 1. The topological polar surface area (TPSA) is 100 Å². The van der Waals surface area contributed by atoms with Crippen LogP contribution in [0.2, 0.25) is 0 Å². The summed E-state index contributed by atoms with van der Waals surface area (Å²) >= 11 is 0. The summed E-state index contributed by atoms with van der Waals surface area (Å²) in [5.74, 6) is 0.802. The molecule has 0 radical (unpaired) electrons. The predicted molar refractivity (Wildman–Crippen MR) is 60.5 cm³/mol. The minimum atomic E-state index is -0.139. The first-order chi connectivity index (χ1) is 8.75. The third-order valence-corrected chi connectivity index (χ3v) is 2.79. The van der Waals surface area contributed by atoms with Gasteiger partial charge in [0.2, 0.25) is 11.4 Å². The molecule has 8 heteroatoms. The highest BCUT2D eigenvalue weighted by molar-refractivity contribution is 5.67. The summed E-state index contributed by atoms with van der Waals surface area (Å²) in [5, 5.41) is 17.3. The lowest BCUT2D eigenvalue weighted by Gasteiger charge is -2.28. The average molecular weight is 248 g/mol. The van der Waals surface area contributed by atoms with Crippen molar-refractivity contribution >= 4 is 5.82 Å². The molecule has 0 unspecified atom stereocenters. The summed E-state index contributed by atoms with van der Waals surface area (Å²) < 4.78 is 6.13. The first-order valence-electron chi connectivity index (χ1n) is 5.57. The minimum absolute atomic E-state index is 0.139. The summed E-state index contributed by atoms with van der Waals surface area (Å²) in [6.45, 7) is 2.61. The molecular weight excluding hydrogens is 236 g/mol. The van der Waals surface area contributed by atoms with Crippen LogP contribution >= 0.6 is 0 Å². The Labute approximate surface area is 102 Å². The molecule has 1 fully saturated rings. The number of fused-ring (bicyclic) bond motifs is 1. The van der Waals surface area contributed by atoms with Gasteiger partial charge in [-0.25, -0.2) is 4.98 Å². The van der Waals surface area contributed by atoms with Gasteiger partial charge in [-0.1, -0.05) is 0 Å². The first-order valence-corrected chi connectivity index (χ1v) is 5.57. The Balaban J connectivity index is 2.15. The predicted octanol–water partition coefficient (Wildman–Crippen LogP) is -0.669. The third kappa shape index (κ3) is 1.76. The second-order valence-electron chi connectivity index (χ2n) is 3.91. The number of hydrogen-bond donors (Lipinski definition) is 2. The van der Waals surface area contributed by atoms with Crippen LogP contribution in [0.5, 0.6) is 0 Å². The second kappa shape index (κ2) is 4.22. The molecule has 0 saturated carbocycles. The average Bonchev–Trinajstić information content (AvgIpc) is 2.40. The van der Waals surface area contributed by atoms with Crippen molar-refractivity contribution in [2.24, 2.45) is 0 Å². The molecule has 1 saturated heterocycles. The van der Waals surface area contributed by atoms with Crippen LogP contribution in [0.1, 0.15) is 0 Å². The van der Waals surface area contributed by atoms with Crippen LogP contribution in [0.25, 0.3) is 11.5 Å². The molecule has 0 aliphatic carbocycles. The van der Waals surface area contributed by atoms with E-state index in [4.69, 9.17) is 10.1 Å². The molecule has 0 bridgehead atoms. The van der Waals surface area contributed by atoms with Crippen molar-refractivity contribution in [3.63, 3.8) is 0 Å². The molecule has 0 aromatic rings. The van der Waals surface area contributed by atoms with E-state index in [0.717, 1.165) is 4.73 Å². The maximum absolute atomic E-state index is 9.68. The maximum Gasteiger partial charge on any atom is 0.246 e. The number of rotatable bonds is 1. The zero-order valence-corrected chi connectivity index (χ0v) is 9.57. The van der Waals surface area contributed by atoms with Gasteiger partial charge in [0.15, 0.2) is 11.5 Å². The van der Waals surface area contributed by atoms with Crippen molar-refractivity contribution in [3.8, 4) is 11.5 Å². The van der Waals surface area contributed by atoms with E-state index in [0.29, 0.717) is 37.8 Å². The van der Waals surface area contributed by atoms with Gasteiger partial charge in [0.25, 0.3) is 0 Å². The number of nitrogens with zero attached hydrogens (tertiary/aromatic N) is 5. The molecule has 8 nitrogen and oxygen atoms in total. The molecule has 3 aliphatic heterocycles. The number of anilines is 1. The van der Waals surface area contributed by atoms with E-state index in [2.05, 4.69) is 15.0 Å². The largest absolute Gasteiger partial charge is 0.427 e. The molecule has 0 aromatic carbocycles. The zero-order valence-electron chi connectivity index (χ0n) is 9.57. The Hall–Kier alpha value is -2.22. The molecule has 0 aromatic heterocycles. The Morgan fingerprint density at radius 3 is 2.83 bits per heavy atom. The zero-order chi connectivity index (χ0) is 12.5. The molecule has 2 N–H and O–H groups in total. The SMILES string of the molecule is N=c1nc(N2CCOCC2)c2nccn(O)c-2n1. The Morgan fingerprint density at radius 1 is 1.28 bits per heavy atom. The summed E-state index contributed by atoms with van der Waals surface area (Å²) in [7, 11) is 0. The molecule has 3 heterocycles. The normalized spacial score (nSPS) is 16.1. The highest BCUT2D eigenvalue weighted by atomic mass is 16.5. The van der Waals surface area contributed by atoms with E-state index >= 15 is 0 Å². The van der Waals surface area contributed by atoms with Crippen LogP contribution in [0.4, 0.5) is 5.82 Å². The first kappa shape index (κ1) is 10.9. The van der Waals surface area contributed by atoms with Gasteiger partial charge in [-0.3, -0.25) is 5.41 Å². The van der Waals surface area contributed by atoms with E-state index < -0.39 is 0 Å². The summed E-state index contributed by atoms with van der Waals surface area (Å²) in [4.78, 5) is 14.2. The Morgan fingerprint density at radius 2 is 2.06 bits per heavy atom. The van der Waals surface area contributed by atoms with Gasteiger partial charge in [-0.05, 0) is 0 Å². The molecular formula is C10H12N6O2. The maximum atomic E-state index is 9.68. The van der Waals surface area contributed by atoms with E-state index in [1.54, 1.807) is 0 Å². The van der Waals surface area contributed by atoms with Gasteiger partial charge in [0.05, 0.1) is 19.4 Å². The molecule has 0 atom stereocenters. The fraction of sp³-hybridized carbons (Fsp3) is 0.400. The van der Waals surface area contributed by atoms with Crippen LogP contribution in [0, 0.1) is 5.41 Å². The Kier molecular flexibility index (Phi) is 2.56. The van der Waals surface area contributed by atoms with Crippen LogP contribution in [-0.4, -0.2) is 51.2 Å². The minimum Gasteiger partial charge on any atom is -0.427 e. The molecule has 0 amide bonds. The van der Waals surface area contributed by atoms with Gasteiger partial charge in [0, 0.05) is 19.3 Å². The number of aromatic nitrogens is 4.